The number of ether oxygens (including phenoxy) is 2. The Balaban J connectivity index is 1.31. The second-order valence-corrected chi connectivity index (χ2v) is 16.6. The molecule has 238 valence electrons. The third kappa shape index (κ3) is 4.66. The molecule has 12 heteroatoms. The number of aryl methyl sites for hydroxylation is 1. The molecule has 2 amide bonds. The Morgan fingerprint density at radius 1 is 1.02 bits per heavy atom. The van der Waals surface area contributed by atoms with E-state index >= 15 is 4.11 Å². The fraction of sp³-hybridized carbons (Fsp3) is 0.353. The van der Waals surface area contributed by atoms with E-state index in [0.29, 0.717) is 64.8 Å². The molecule has 4 aromatic rings. The molecule has 46 heavy (non-hydrogen) atoms. The number of benzene rings is 3. The molecular weight excluding hydrogens is 605 g/mol. The number of aliphatic hydroxyl groups excluding tert-OH is 1. The van der Waals surface area contributed by atoms with Gasteiger partial charge in [0, 0.05) is 55.5 Å². The number of para-hydroxylation sites is 3. The van der Waals surface area contributed by atoms with Crippen LogP contribution in [-0.4, -0.2) is 60.1 Å². The predicted molar refractivity (Wildman–Crippen MR) is 173 cm³/mol. The highest BCUT2D eigenvalue weighted by Crippen LogP contribution is 2.60. The van der Waals surface area contributed by atoms with Gasteiger partial charge in [-0.15, -0.1) is 5.10 Å². The minimum absolute atomic E-state index is 0.0284. The summed E-state index contributed by atoms with van der Waals surface area (Å²) in [4.78, 5) is 31.6. The average molecular weight is 642 g/mol. The van der Waals surface area contributed by atoms with Gasteiger partial charge in [0.05, 0.1) is 28.7 Å². The van der Waals surface area contributed by atoms with E-state index < -0.39 is 31.6 Å². The van der Waals surface area contributed by atoms with Crippen LogP contribution >= 0.6 is 0 Å². The first-order valence-electron chi connectivity index (χ1n) is 15.5. The topological polar surface area (TPSA) is 110 Å². The normalized spacial score (nSPS) is 23.7. The highest BCUT2D eigenvalue weighted by atomic mass is 28.4. The summed E-state index contributed by atoms with van der Waals surface area (Å²) in [5, 5.41) is 17.5. The molecule has 0 radical (unpaired) electrons. The molecule has 1 N–H and O–H groups in total. The van der Waals surface area contributed by atoms with Crippen molar-refractivity contribution in [2.45, 2.75) is 56.7 Å². The van der Waals surface area contributed by atoms with Gasteiger partial charge in [-0.25, -0.2) is 0 Å². The molecule has 4 atom stereocenters. The molecular formula is C34H36FN5O5Si. The van der Waals surface area contributed by atoms with Crippen LogP contribution in [0.4, 0.5) is 21.2 Å². The maximum Gasteiger partial charge on any atom is 0.266 e. The fourth-order valence-corrected chi connectivity index (χ4v) is 10.1. The summed E-state index contributed by atoms with van der Waals surface area (Å²) in [5.41, 5.74) is 1.56. The third-order valence-electron chi connectivity index (χ3n) is 9.58. The van der Waals surface area contributed by atoms with Gasteiger partial charge in [-0.05, 0) is 62.0 Å². The highest BCUT2D eigenvalue weighted by molar-refractivity contribution is 6.72. The summed E-state index contributed by atoms with van der Waals surface area (Å²) in [5.74, 6) is -0.0172. The summed E-state index contributed by atoms with van der Waals surface area (Å²) >= 11 is 0. The number of likely N-dealkylation sites (N-methyl/N-ethyl adjacent to an activating group) is 1. The standard InChI is InChI=1S/C34H36FN5O5Si/c1-21-31(46(3,4)35)30(15-17-39-20-22(16-18-41)36-37-39)45-34(21)25-19-23(13-14-26(25)38(2)33(34)43)40-27-10-6-8-12-29(27)44-28-11-7-5-9-24(28)32(40)42/h5-14,19-21,30-31,41H,15-18H2,1-4H3/t21-,30+,31-,34+/m0/s1. The first-order valence-corrected chi connectivity index (χ1v) is 18.5. The van der Waals surface area contributed by atoms with Gasteiger partial charge in [-0.2, -0.15) is 0 Å². The van der Waals surface area contributed by atoms with Crippen molar-refractivity contribution in [2.75, 3.05) is 23.5 Å². The zero-order chi connectivity index (χ0) is 32.4. The first-order chi connectivity index (χ1) is 22.0. The number of amides is 2. The lowest BCUT2D eigenvalue weighted by molar-refractivity contribution is -0.145. The molecule has 1 saturated heterocycles. The van der Waals surface area contributed by atoms with E-state index in [1.54, 1.807) is 59.0 Å². The number of rotatable bonds is 7. The maximum absolute atomic E-state index is 16.2. The van der Waals surface area contributed by atoms with Gasteiger partial charge in [-0.1, -0.05) is 36.4 Å². The van der Waals surface area contributed by atoms with Crippen molar-refractivity contribution in [3.8, 4) is 11.5 Å². The maximum atomic E-state index is 16.2. The SMILES string of the molecule is C[C@H]1[C@H]([Si](C)(C)F)[C@@H](CCn2cc(CCO)nn2)O[C@]12C(=O)N(C)c1ccc(N3C(=O)c4ccccc4Oc4ccccc43)cc12. The van der Waals surface area contributed by atoms with Gasteiger partial charge >= 0.3 is 0 Å². The van der Waals surface area contributed by atoms with Crippen molar-refractivity contribution in [2.24, 2.45) is 5.92 Å². The van der Waals surface area contributed by atoms with E-state index in [0.717, 1.165) is 0 Å². The summed E-state index contributed by atoms with van der Waals surface area (Å²) in [6.07, 6.45) is 2.04. The van der Waals surface area contributed by atoms with Crippen LogP contribution in [0.5, 0.6) is 11.5 Å². The summed E-state index contributed by atoms with van der Waals surface area (Å²) in [6, 6.07) is 20.0. The molecule has 0 bridgehead atoms. The van der Waals surface area contributed by atoms with E-state index in [9.17, 15) is 14.7 Å². The lowest BCUT2D eigenvalue weighted by Crippen LogP contribution is -2.44. The molecule has 3 aliphatic heterocycles. The molecule has 3 aliphatic rings. The van der Waals surface area contributed by atoms with E-state index in [4.69, 9.17) is 9.47 Å². The summed E-state index contributed by atoms with van der Waals surface area (Å²) < 4.78 is 30.9. The molecule has 7 rings (SSSR count). The predicted octanol–water partition coefficient (Wildman–Crippen LogP) is 5.74. The molecule has 4 heterocycles. The van der Waals surface area contributed by atoms with E-state index in [2.05, 4.69) is 10.3 Å². The first kappa shape index (κ1) is 30.3. The zero-order valence-corrected chi connectivity index (χ0v) is 27.2. The molecule has 10 nitrogen and oxygen atoms in total. The number of anilines is 3. The van der Waals surface area contributed by atoms with E-state index in [1.165, 1.54) is 0 Å². The van der Waals surface area contributed by atoms with Gasteiger partial charge in [0.2, 0.25) is 8.41 Å². The van der Waals surface area contributed by atoms with Crippen LogP contribution < -0.4 is 14.5 Å². The molecule has 1 aromatic heterocycles. The number of carbonyl (C=O) groups is 2. The van der Waals surface area contributed by atoms with Gasteiger partial charge < -0.3 is 23.6 Å². The molecule has 1 spiro atoms. The van der Waals surface area contributed by atoms with Crippen molar-refractivity contribution in [3.05, 3.63) is 89.7 Å². The quantitative estimate of drug-likeness (QED) is 0.203. The van der Waals surface area contributed by atoms with Crippen LogP contribution in [0, 0.1) is 5.92 Å². The van der Waals surface area contributed by atoms with Crippen LogP contribution in [0.2, 0.25) is 18.6 Å². The molecule has 1 fully saturated rings. The van der Waals surface area contributed by atoms with Crippen molar-refractivity contribution in [1.82, 2.24) is 15.0 Å². The van der Waals surface area contributed by atoms with E-state index in [-0.39, 0.29) is 18.4 Å². The molecule has 0 aliphatic carbocycles. The van der Waals surface area contributed by atoms with Gasteiger partial charge in [0.1, 0.15) is 5.75 Å². The number of aliphatic hydroxyl groups is 1. The number of hydrogen-bond donors (Lipinski definition) is 1. The molecule has 0 saturated carbocycles. The number of fused-ring (bicyclic) bond motifs is 4. The summed E-state index contributed by atoms with van der Waals surface area (Å²) in [6.45, 7) is 5.64. The molecule has 0 unspecified atom stereocenters. The van der Waals surface area contributed by atoms with Gasteiger partial charge in [0.25, 0.3) is 11.8 Å². The van der Waals surface area contributed by atoms with Crippen LogP contribution in [0.3, 0.4) is 0 Å². The second kappa shape index (κ2) is 11.1. The van der Waals surface area contributed by atoms with Crippen LogP contribution in [-0.2, 0) is 28.1 Å². The number of hydrogen-bond acceptors (Lipinski definition) is 7. The zero-order valence-electron chi connectivity index (χ0n) is 26.2. The Hall–Kier alpha value is -4.39. The summed E-state index contributed by atoms with van der Waals surface area (Å²) in [7, 11) is -1.66. The number of halogens is 1. The Kier molecular flexibility index (Phi) is 7.33. The van der Waals surface area contributed by atoms with Gasteiger partial charge in [0.15, 0.2) is 11.4 Å². The minimum atomic E-state index is -3.37. The Morgan fingerprint density at radius 2 is 1.76 bits per heavy atom. The van der Waals surface area contributed by atoms with Crippen LogP contribution in [0.25, 0.3) is 0 Å². The lowest BCUT2D eigenvalue weighted by atomic mass is 9.82. The fourth-order valence-electron chi connectivity index (χ4n) is 7.55. The van der Waals surface area contributed by atoms with E-state index in [1.807, 2.05) is 55.5 Å². The van der Waals surface area contributed by atoms with Crippen molar-refractivity contribution in [3.63, 3.8) is 0 Å². The Bertz CT molecular complexity index is 1840. The smallest absolute Gasteiger partial charge is 0.266 e. The van der Waals surface area contributed by atoms with Crippen LogP contribution in [0.1, 0.15) is 35.0 Å². The second-order valence-electron chi connectivity index (χ2n) is 12.8. The Morgan fingerprint density at radius 3 is 2.52 bits per heavy atom. The van der Waals surface area contributed by atoms with Crippen molar-refractivity contribution < 1.29 is 28.3 Å². The number of nitrogens with zero attached hydrogens (tertiary/aromatic N) is 5. The largest absolute Gasteiger partial charge is 0.454 e. The highest BCUT2D eigenvalue weighted by Gasteiger charge is 2.66. The lowest BCUT2D eigenvalue weighted by Gasteiger charge is -2.31. The Labute approximate surface area is 267 Å². The number of carbonyl (C=O) groups excluding carboxylic acids is 2. The monoisotopic (exact) mass is 641 g/mol. The third-order valence-corrected chi connectivity index (χ3v) is 12.0. The van der Waals surface area contributed by atoms with Crippen LogP contribution in [0.15, 0.2) is 72.9 Å². The van der Waals surface area contributed by atoms with Crippen molar-refractivity contribution in [1.29, 1.82) is 0 Å². The van der Waals surface area contributed by atoms with Gasteiger partial charge in [-0.3, -0.25) is 19.2 Å². The van der Waals surface area contributed by atoms with Crippen molar-refractivity contribution >= 4 is 37.3 Å². The molecule has 3 aromatic carbocycles. The number of aromatic nitrogens is 3. The minimum Gasteiger partial charge on any atom is -0.454 e. The average Bonchev–Trinajstić information content (AvgIpc) is 3.64.